The molecule has 0 bridgehead atoms. The Hall–Kier alpha value is -1.85. The summed E-state index contributed by atoms with van der Waals surface area (Å²) >= 11 is 0. The highest BCUT2D eigenvalue weighted by molar-refractivity contribution is 5.81. The minimum atomic E-state index is 0.147. The van der Waals surface area contributed by atoms with Crippen molar-refractivity contribution in [2.75, 3.05) is 38.2 Å². The summed E-state index contributed by atoms with van der Waals surface area (Å²) in [5.74, 6) is 1.26. The number of rotatable bonds is 4. The van der Waals surface area contributed by atoms with Gasteiger partial charge in [-0.05, 0) is 19.8 Å². The van der Waals surface area contributed by atoms with E-state index in [1.54, 1.807) is 13.2 Å². The summed E-state index contributed by atoms with van der Waals surface area (Å²) in [6.45, 7) is 6.75. The maximum Gasteiger partial charge on any atom is 0.242 e. The van der Waals surface area contributed by atoms with Gasteiger partial charge in [-0.3, -0.25) is 4.79 Å². The second-order valence-electron chi connectivity index (χ2n) is 5.01. The van der Waals surface area contributed by atoms with Crippen LogP contribution in [-0.2, 0) is 4.79 Å². The topological polar surface area (TPSA) is 58.6 Å². The van der Waals surface area contributed by atoms with E-state index < -0.39 is 0 Å². The predicted molar refractivity (Wildman–Crippen MR) is 77.0 cm³/mol. The van der Waals surface area contributed by atoms with E-state index in [0.29, 0.717) is 18.4 Å². The van der Waals surface area contributed by atoms with Crippen LogP contribution in [0.2, 0.25) is 0 Å². The molecule has 1 fully saturated rings. The molecule has 1 aromatic heterocycles. The molecule has 1 amide bonds. The van der Waals surface area contributed by atoms with E-state index in [1.807, 2.05) is 16.7 Å². The largest absolute Gasteiger partial charge is 0.481 e. The van der Waals surface area contributed by atoms with Gasteiger partial charge in [-0.15, -0.1) is 0 Å². The Morgan fingerprint density at radius 3 is 2.85 bits per heavy atom. The lowest BCUT2D eigenvalue weighted by Crippen LogP contribution is -2.37. The minimum Gasteiger partial charge on any atom is -0.481 e. The fraction of sp³-hybridized carbons (Fsp3) is 0.643. The van der Waals surface area contributed by atoms with Crippen molar-refractivity contribution in [3.8, 4) is 5.88 Å². The summed E-state index contributed by atoms with van der Waals surface area (Å²) in [5.41, 5.74) is 0.842. The molecule has 0 aliphatic carbocycles. The summed E-state index contributed by atoms with van der Waals surface area (Å²) in [6, 6.07) is 1.78. The number of carbonyl (C=O) groups is 1. The SMILES string of the molecule is CCCN1CCCN(c2nc(C)cc(OC)n2)CC1=O. The second-order valence-corrected chi connectivity index (χ2v) is 5.01. The third-order valence-corrected chi connectivity index (χ3v) is 3.34. The van der Waals surface area contributed by atoms with Crippen molar-refractivity contribution in [3.63, 3.8) is 0 Å². The molecule has 1 aromatic rings. The third kappa shape index (κ3) is 3.37. The molecule has 1 aliphatic heterocycles. The van der Waals surface area contributed by atoms with Crippen LogP contribution in [0.3, 0.4) is 0 Å². The van der Waals surface area contributed by atoms with Crippen molar-refractivity contribution in [3.05, 3.63) is 11.8 Å². The van der Waals surface area contributed by atoms with Gasteiger partial charge in [-0.25, -0.2) is 4.98 Å². The number of nitrogens with zero attached hydrogens (tertiary/aromatic N) is 4. The summed E-state index contributed by atoms with van der Waals surface area (Å²) in [6.07, 6.45) is 1.92. The van der Waals surface area contributed by atoms with Crippen LogP contribution in [0.5, 0.6) is 5.88 Å². The van der Waals surface area contributed by atoms with Crippen LogP contribution < -0.4 is 9.64 Å². The fourth-order valence-electron chi connectivity index (χ4n) is 2.37. The molecular weight excluding hydrogens is 256 g/mol. The van der Waals surface area contributed by atoms with E-state index in [0.717, 1.165) is 38.2 Å². The van der Waals surface area contributed by atoms with E-state index in [1.165, 1.54) is 0 Å². The number of amides is 1. The zero-order chi connectivity index (χ0) is 14.5. The molecule has 2 rings (SSSR count). The summed E-state index contributed by atoms with van der Waals surface area (Å²) in [7, 11) is 1.59. The summed E-state index contributed by atoms with van der Waals surface area (Å²) < 4.78 is 5.17. The monoisotopic (exact) mass is 278 g/mol. The molecule has 0 unspecified atom stereocenters. The van der Waals surface area contributed by atoms with Crippen LogP contribution >= 0.6 is 0 Å². The Kier molecular flexibility index (Phi) is 4.76. The first-order valence-electron chi connectivity index (χ1n) is 7.06. The van der Waals surface area contributed by atoms with Crippen molar-refractivity contribution < 1.29 is 9.53 Å². The average molecular weight is 278 g/mol. The van der Waals surface area contributed by atoms with Crippen LogP contribution in [-0.4, -0.2) is 54.1 Å². The Morgan fingerprint density at radius 1 is 1.35 bits per heavy atom. The number of carbonyl (C=O) groups excluding carboxylic acids is 1. The zero-order valence-corrected chi connectivity index (χ0v) is 12.4. The third-order valence-electron chi connectivity index (χ3n) is 3.34. The number of methoxy groups -OCH3 is 1. The van der Waals surface area contributed by atoms with E-state index in [2.05, 4.69) is 16.9 Å². The van der Waals surface area contributed by atoms with Gasteiger partial charge in [0.25, 0.3) is 0 Å². The van der Waals surface area contributed by atoms with Crippen molar-refractivity contribution >= 4 is 11.9 Å². The number of aromatic nitrogens is 2. The highest BCUT2D eigenvalue weighted by Gasteiger charge is 2.23. The standard InChI is InChI=1S/C14H22N4O2/c1-4-6-17-7-5-8-18(10-13(17)19)14-15-11(2)9-12(16-14)20-3/h9H,4-8,10H2,1-3H3. The molecule has 20 heavy (non-hydrogen) atoms. The molecule has 0 aromatic carbocycles. The number of ether oxygens (including phenoxy) is 1. The number of hydrogen-bond acceptors (Lipinski definition) is 5. The van der Waals surface area contributed by atoms with Crippen molar-refractivity contribution in [1.29, 1.82) is 0 Å². The van der Waals surface area contributed by atoms with Crippen molar-refractivity contribution in [1.82, 2.24) is 14.9 Å². The van der Waals surface area contributed by atoms with Gasteiger partial charge in [0.2, 0.25) is 17.7 Å². The maximum absolute atomic E-state index is 12.2. The Morgan fingerprint density at radius 2 is 2.15 bits per heavy atom. The minimum absolute atomic E-state index is 0.147. The average Bonchev–Trinajstić information content (AvgIpc) is 2.61. The highest BCUT2D eigenvalue weighted by atomic mass is 16.5. The molecule has 110 valence electrons. The first kappa shape index (κ1) is 14.6. The predicted octanol–water partition coefficient (Wildman–Crippen LogP) is 1.24. The molecule has 0 radical (unpaired) electrons. The first-order valence-corrected chi connectivity index (χ1v) is 7.06. The second kappa shape index (κ2) is 6.54. The van der Waals surface area contributed by atoms with Crippen LogP contribution in [0.4, 0.5) is 5.95 Å². The van der Waals surface area contributed by atoms with Gasteiger partial charge in [0.1, 0.15) is 0 Å². The van der Waals surface area contributed by atoms with Crippen molar-refractivity contribution in [2.45, 2.75) is 26.7 Å². The molecule has 0 N–H and O–H groups in total. The molecule has 6 nitrogen and oxygen atoms in total. The molecule has 1 saturated heterocycles. The lowest BCUT2D eigenvalue weighted by molar-refractivity contribution is -0.129. The summed E-state index contributed by atoms with van der Waals surface area (Å²) in [4.78, 5) is 24.8. The van der Waals surface area contributed by atoms with Gasteiger partial charge >= 0.3 is 0 Å². The van der Waals surface area contributed by atoms with E-state index in [4.69, 9.17) is 4.74 Å². The Balaban J connectivity index is 2.16. The zero-order valence-electron chi connectivity index (χ0n) is 12.4. The number of anilines is 1. The molecule has 2 heterocycles. The Labute approximate surface area is 119 Å². The van der Waals surface area contributed by atoms with Crippen LogP contribution in [0, 0.1) is 6.92 Å². The molecule has 0 saturated carbocycles. The first-order chi connectivity index (χ1) is 9.63. The van der Waals surface area contributed by atoms with Crippen LogP contribution in [0.25, 0.3) is 0 Å². The normalized spacial score (nSPS) is 16.2. The fourth-order valence-corrected chi connectivity index (χ4v) is 2.37. The molecule has 0 atom stereocenters. The quantitative estimate of drug-likeness (QED) is 0.829. The van der Waals surface area contributed by atoms with Gasteiger partial charge in [0, 0.05) is 31.4 Å². The highest BCUT2D eigenvalue weighted by Crippen LogP contribution is 2.17. The van der Waals surface area contributed by atoms with Crippen LogP contribution in [0.1, 0.15) is 25.5 Å². The number of aryl methyl sites for hydroxylation is 1. The van der Waals surface area contributed by atoms with Gasteiger partial charge in [0.15, 0.2) is 0 Å². The van der Waals surface area contributed by atoms with Gasteiger partial charge in [0.05, 0.1) is 13.7 Å². The lowest BCUT2D eigenvalue weighted by atomic mass is 10.3. The molecule has 6 heteroatoms. The molecule has 1 aliphatic rings. The lowest BCUT2D eigenvalue weighted by Gasteiger charge is -2.21. The molecule has 0 spiro atoms. The van der Waals surface area contributed by atoms with Crippen LogP contribution in [0.15, 0.2) is 6.07 Å². The smallest absolute Gasteiger partial charge is 0.242 e. The van der Waals surface area contributed by atoms with Gasteiger partial charge < -0.3 is 14.5 Å². The maximum atomic E-state index is 12.2. The van der Waals surface area contributed by atoms with E-state index >= 15 is 0 Å². The summed E-state index contributed by atoms with van der Waals surface area (Å²) in [5, 5.41) is 0. The Bertz CT molecular complexity index is 478. The molecular formula is C14H22N4O2. The van der Waals surface area contributed by atoms with E-state index in [9.17, 15) is 4.79 Å². The van der Waals surface area contributed by atoms with Crippen molar-refractivity contribution in [2.24, 2.45) is 0 Å². The van der Waals surface area contributed by atoms with Gasteiger partial charge in [-0.2, -0.15) is 4.98 Å². The number of hydrogen-bond donors (Lipinski definition) is 0. The van der Waals surface area contributed by atoms with Gasteiger partial charge in [-0.1, -0.05) is 6.92 Å². The van der Waals surface area contributed by atoms with E-state index in [-0.39, 0.29) is 5.91 Å².